The predicted molar refractivity (Wildman–Crippen MR) is 77.3 cm³/mol. The van der Waals surface area contributed by atoms with Crippen molar-refractivity contribution in [2.24, 2.45) is 0 Å². The monoisotopic (exact) mass is 332 g/mol. The summed E-state index contributed by atoms with van der Waals surface area (Å²) in [5.41, 5.74) is 5.29. The van der Waals surface area contributed by atoms with Gasteiger partial charge < -0.3 is 15.6 Å². The van der Waals surface area contributed by atoms with E-state index in [0.717, 1.165) is 6.08 Å². The third-order valence-corrected chi connectivity index (χ3v) is 3.68. The average molecular weight is 333 g/mol. The number of allylic oxidation sites excluding steroid dienone is 2. The summed E-state index contributed by atoms with van der Waals surface area (Å²) in [6.45, 7) is 0. The van der Waals surface area contributed by atoms with Gasteiger partial charge in [0.1, 0.15) is 0 Å². The van der Waals surface area contributed by atoms with Crippen LogP contribution in [0.15, 0.2) is 29.3 Å². The summed E-state index contributed by atoms with van der Waals surface area (Å²) in [6.07, 6.45) is 3.97. The summed E-state index contributed by atoms with van der Waals surface area (Å²) < 4.78 is 19.6. The molecule has 2 unspecified atom stereocenters. The molecule has 21 heavy (non-hydrogen) atoms. The van der Waals surface area contributed by atoms with Crippen LogP contribution in [0, 0.1) is 0 Å². The molecule has 5 nitrogen and oxygen atoms in total. The number of carboxylic acid groups (broad SMARTS) is 1. The Morgan fingerprint density at radius 3 is 2.81 bits per heavy atom. The maximum Gasteiger partial charge on any atom is 0.356 e. The van der Waals surface area contributed by atoms with E-state index >= 15 is 0 Å². The lowest BCUT2D eigenvalue weighted by atomic mass is 9.91. The first-order chi connectivity index (χ1) is 9.78. The molecular weight excluding hydrogens is 322 g/mol. The molecular formula is C13H11Cl2FN2O3. The molecule has 112 valence electrons. The van der Waals surface area contributed by atoms with Crippen molar-refractivity contribution in [3.8, 4) is 0 Å². The second kappa shape index (κ2) is 5.63. The highest BCUT2D eigenvalue weighted by atomic mass is 35.5. The molecule has 1 aromatic rings. The third-order valence-electron chi connectivity index (χ3n) is 3.05. The number of ether oxygens (including phenoxy) is 1. The zero-order valence-corrected chi connectivity index (χ0v) is 12.3. The molecule has 1 aliphatic rings. The van der Waals surface area contributed by atoms with Gasteiger partial charge in [0.2, 0.25) is 5.85 Å². The second-order valence-corrected chi connectivity index (χ2v) is 5.19. The molecule has 3 N–H and O–H groups in total. The molecule has 1 heterocycles. The van der Waals surface area contributed by atoms with Gasteiger partial charge in [-0.1, -0.05) is 29.3 Å². The van der Waals surface area contributed by atoms with Gasteiger partial charge in [-0.3, -0.25) is 0 Å². The van der Waals surface area contributed by atoms with Crippen molar-refractivity contribution in [2.75, 3.05) is 12.8 Å². The molecule has 0 saturated heterocycles. The van der Waals surface area contributed by atoms with E-state index in [1.165, 1.54) is 25.3 Å². The largest absolute Gasteiger partial charge is 0.476 e. The van der Waals surface area contributed by atoms with Gasteiger partial charge in [0, 0.05) is 12.1 Å². The Kier molecular flexibility index (Phi) is 4.22. The Labute approximate surface area is 129 Å². The number of aromatic nitrogens is 1. The number of aromatic carboxylic acids is 1. The highest BCUT2D eigenvalue weighted by Gasteiger charge is 2.40. The Morgan fingerprint density at radius 2 is 2.24 bits per heavy atom. The quantitative estimate of drug-likeness (QED) is 0.888. The minimum Gasteiger partial charge on any atom is -0.476 e. The molecule has 2 atom stereocenters. The zero-order chi connectivity index (χ0) is 15.8. The molecule has 0 fully saturated rings. The van der Waals surface area contributed by atoms with Crippen LogP contribution in [0.3, 0.4) is 0 Å². The molecule has 0 amide bonds. The molecule has 0 spiro atoms. The fraction of sp³-hybridized carbons (Fsp3) is 0.231. The minimum atomic E-state index is -2.26. The Balaban J connectivity index is 2.57. The van der Waals surface area contributed by atoms with Crippen molar-refractivity contribution in [1.82, 2.24) is 4.98 Å². The Morgan fingerprint density at radius 1 is 1.57 bits per heavy atom. The van der Waals surface area contributed by atoms with Crippen LogP contribution in [-0.2, 0) is 4.74 Å². The number of alkyl halides is 1. The van der Waals surface area contributed by atoms with Crippen molar-refractivity contribution < 1.29 is 19.0 Å². The minimum absolute atomic E-state index is 0.00781. The number of nitrogens with two attached hydrogens (primary N) is 1. The van der Waals surface area contributed by atoms with Gasteiger partial charge in [0.15, 0.2) is 5.69 Å². The van der Waals surface area contributed by atoms with Crippen molar-refractivity contribution in [1.29, 1.82) is 0 Å². The lowest BCUT2D eigenvalue weighted by molar-refractivity contribution is -0.0911. The van der Waals surface area contributed by atoms with Crippen LogP contribution in [0.4, 0.5) is 10.1 Å². The molecule has 0 saturated carbocycles. The van der Waals surface area contributed by atoms with E-state index in [9.17, 15) is 9.18 Å². The average Bonchev–Trinajstić information content (AvgIpc) is 2.41. The van der Waals surface area contributed by atoms with E-state index in [1.54, 1.807) is 0 Å². The molecule has 0 radical (unpaired) electrons. The molecule has 1 aromatic heterocycles. The molecule has 1 aliphatic carbocycles. The number of anilines is 1. The van der Waals surface area contributed by atoms with Crippen LogP contribution in [0.25, 0.3) is 0 Å². The van der Waals surface area contributed by atoms with Gasteiger partial charge in [0.25, 0.3) is 0 Å². The highest BCUT2D eigenvalue weighted by molar-refractivity contribution is 6.35. The standard InChI is InChI=1S/C13H11Cl2FN2O3/c1-21-13(16)5-6(14)2-3-7(13)9-4-8(17)10(15)11(18-9)12(19)20/h2-5,7H,1H3,(H2,17,18)(H,19,20). The van der Waals surface area contributed by atoms with E-state index < -0.39 is 23.4 Å². The number of nitrogen functional groups attached to an aromatic ring is 1. The van der Waals surface area contributed by atoms with Gasteiger partial charge in [-0.2, -0.15) is 0 Å². The number of hydrogen-bond donors (Lipinski definition) is 2. The summed E-state index contributed by atoms with van der Waals surface area (Å²) in [4.78, 5) is 15.0. The lowest BCUT2D eigenvalue weighted by Crippen LogP contribution is -2.33. The number of rotatable bonds is 3. The van der Waals surface area contributed by atoms with E-state index in [-0.39, 0.29) is 21.4 Å². The molecule has 2 rings (SSSR count). The number of halogens is 3. The lowest BCUT2D eigenvalue weighted by Gasteiger charge is -2.30. The fourth-order valence-corrected chi connectivity index (χ4v) is 2.40. The number of carboxylic acids is 1. The molecule has 0 bridgehead atoms. The van der Waals surface area contributed by atoms with E-state index in [0.29, 0.717) is 0 Å². The van der Waals surface area contributed by atoms with Gasteiger partial charge >= 0.3 is 5.97 Å². The Hall–Kier alpha value is -1.63. The molecule has 0 aliphatic heterocycles. The van der Waals surface area contributed by atoms with E-state index in [4.69, 9.17) is 38.8 Å². The second-order valence-electron chi connectivity index (χ2n) is 4.37. The van der Waals surface area contributed by atoms with Gasteiger partial charge in [-0.25, -0.2) is 14.2 Å². The summed E-state index contributed by atoms with van der Waals surface area (Å²) in [5, 5.41) is 9.03. The van der Waals surface area contributed by atoms with Gasteiger partial charge in [-0.15, -0.1) is 0 Å². The van der Waals surface area contributed by atoms with Crippen LogP contribution in [0.1, 0.15) is 22.1 Å². The van der Waals surface area contributed by atoms with Crippen LogP contribution in [0.2, 0.25) is 5.02 Å². The summed E-state index contributed by atoms with van der Waals surface area (Å²) >= 11 is 11.5. The maximum absolute atomic E-state index is 14.8. The van der Waals surface area contributed by atoms with E-state index in [2.05, 4.69) is 4.98 Å². The summed E-state index contributed by atoms with van der Waals surface area (Å²) in [6, 6.07) is 1.31. The number of carbonyl (C=O) groups is 1. The number of pyridine rings is 1. The number of hydrogen-bond acceptors (Lipinski definition) is 4. The third kappa shape index (κ3) is 2.88. The van der Waals surface area contributed by atoms with Crippen molar-refractivity contribution in [3.63, 3.8) is 0 Å². The first-order valence-corrected chi connectivity index (χ1v) is 6.54. The van der Waals surface area contributed by atoms with Crippen LogP contribution >= 0.6 is 23.2 Å². The SMILES string of the molecule is COC1(F)C=C(Cl)C=CC1c1cc(N)c(Cl)c(C(=O)O)n1. The van der Waals surface area contributed by atoms with Crippen molar-refractivity contribution in [2.45, 2.75) is 11.8 Å². The first-order valence-electron chi connectivity index (χ1n) is 5.78. The van der Waals surface area contributed by atoms with Gasteiger partial charge in [0.05, 0.1) is 22.3 Å². The molecule has 0 aromatic carbocycles. The molecule has 8 heteroatoms. The fourth-order valence-electron chi connectivity index (χ4n) is 2.00. The van der Waals surface area contributed by atoms with Crippen molar-refractivity contribution >= 4 is 34.9 Å². The van der Waals surface area contributed by atoms with E-state index in [1.807, 2.05) is 0 Å². The number of methoxy groups -OCH3 is 1. The number of nitrogens with zero attached hydrogens (tertiary/aromatic N) is 1. The topological polar surface area (TPSA) is 85.4 Å². The summed E-state index contributed by atoms with van der Waals surface area (Å²) in [5.74, 6) is -4.61. The predicted octanol–water partition coefficient (Wildman–Crippen LogP) is 3.10. The Bertz CT molecular complexity index is 663. The van der Waals surface area contributed by atoms with Crippen LogP contribution < -0.4 is 5.73 Å². The van der Waals surface area contributed by atoms with Gasteiger partial charge in [-0.05, 0) is 18.2 Å². The van der Waals surface area contributed by atoms with Crippen LogP contribution in [-0.4, -0.2) is 29.0 Å². The maximum atomic E-state index is 14.8. The zero-order valence-electron chi connectivity index (χ0n) is 10.8. The smallest absolute Gasteiger partial charge is 0.356 e. The van der Waals surface area contributed by atoms with Crippen molar-refractivity contribution in [3.05, 3.63) is 45.7 Å². The first kappa shape index (κ1) is 15.8. The van der Waals surface area contributed by atoms with Crippen LogP contribution in [0.5, 0.6) is 0 Å². The summed E-state index contributed by atoms with van der Waals surface area (Å²) in [7, 11) is 1.17. The normalized spacial score (nSPS) is 24.8. The highest BCUT2D eigenvalue weighted by Crippen LogP contribution is 2.40.